The SMILES string of the molecule is CCn1nnc2cc(C(=O)Nc3cc(OC)c(OC)cc3C)ccc21. The van der Waals surface area contributed by atoms with Gasteiger partial charge in [0, 0.05) is 23.9 Å². The number of carbonyl (C=O) groups excluding carboxylic acids is 1. The Kier molecular flexibility index (Phi) is 4.56. The molecule has 130 valence electrons. The maximum absolute atomic E-state index is 12.6. The number of carbonyl (C=O) groups is 1. The molecule has 0 spiro atoms. The van der Waals surface area contributed by atoms with Crippen molar-refractivity contribution in [3.8, 4) is 11.5 Å². The molecule has 7 heteroatoms. The van der Waals surface area contributed by atoms with Crippen molar-refractivity contribution in [1.29, 1.82) is 0 Å². The second kappa shape index (κ2) is 6.80. The summed E-state index contributed by atoms with van der Waals surface area (Å²) >= 11 is 0. The molecule has 0 aliphatic heterocycles. The Labute approximate surface area is 145 Å². The molecule has 1 amide bonds. The van der Waals surface area contributed by atoms with E-state index in [4.69, 9.17) is 9.47 Å². The summed E-state index contributed by atoms with van der Waals surface area (Å²) in [4.78, 5) is 12.6. The molecule has 3 aromatic rings. The molecule has 0 radical (unpaired) electrons. The zero-order valence-corrected chi connectivity index (χ0v) is 14.7. The fraction of sp³-hybridized carbons (Fsp3) is 0.278. The van der Waals surface area contributed by atoms with Crippen LogP contribution in [0.1, 0.15) is 22.8 Å². The number of benzene rings is 2. The van der Waals surface area contributed by atoms with Gasteiger partial charge in [-0.3, -0.25) is 4.79 Å². The number of ether oxygens (including phenoxy) is 2. The zero-order chi connectivity index (χ0) is 18.0. The van der Waals surface area contributed by atoms with Crippen molar-refractivity contribution in [3.63, 3.8) is 0 Å². The molecule has 0 aliphatic rings. The standard InChI is InChI=1S/C18H20N4O3/c1-5-22-15-7-6-12(9-14(15)20-21-22)18(23)19-13-10-17(25-4)16(24-3)8-11(13)2/h6-10H,5H2,1-4H3,(H,19,23). The first kappa shape index (κ1) is 16.8. The van der Waals surface area contributed by atoms with Gasteiger partial charge in [0.2, 0.25) is 0 Å². The van der Waals surface area contributed by atoms with Crippen LogP contribution in [-0.4, -0.2) is 35.1 Å². The van der Waals surface area contributed by atoms with E-state index < -0.39 is 0 Å². The summed E-state index contributed by atoms with van der Waals surface area (Å²) in [6, 6.07) is 8.93. The lowest BCUT2D eigenvalue weighted by atomic mass is 10.1. The summed E-state index contributed by atoms with van der Waals surface area (Å²) in [6.07, 6.45) is 0. The number of aromatic nitrogens is 3. The van der Waals surface area contributed by atoms with Crippen LogP contribution in [0.15, 0.2) is 30.3 Å². The van der Waals surface area contributed by atoms with E-state index >= 15 is 0 Å². The normalized spacial score (nSPS) is 10.7. The number of methoxy groups -OCH3 is 2. The van der Waals surface area contributed by atoms with Crippen molar-refractivity contribution in [2.75, 3.05) is 19.5 Å². The Morgan fingerprint density at radius 2 is 1.88 bits per heavy atom. The van der Waals surface area contributed by atoms with Gasteiger partial charge in [0.25, 0.3) is 5.91 Å². The molecule has 2 aromatic carbocycles. The lowest BCUT2D eigenvalue weighted by Crippen LogP contribution is -2.13. The van der Waals surface area contributed by atoms with Gasteiger partial charge < -0.3 is 14.8 Å². The third-order valence-electron chi connectivity index (χ3n) is 4.05. The second-order valence-electron chi connectivity index (χ2n) is 5.58. The molecular formula is C18H20N4O3. The van der Waals surface area contributed by atoms with Crippen molar-refractivity contribution in [1.82, 2.24) is 15.0 Å². The van der Waals surface area contributed by atoms with E-state index in [0.717, 1.165) is 17.6 Å². The predicted octanol–water partition coefficient (Wildman–Crippen LogP) is 3.03. The van der Waals surface area contributed by atoms with Crippen LogP contribution in [0, 0.1) is 6.92 Å². The van der Waals surface area contributed by atoms with E-state index in [1.165, 1.54) is 0 Å². The summed E-state index contributed by atoms with van der Waals surface area (Å²) in [7, 11) is 3.14. The Morgan fingerprint density at radius 3 is 2.56 bits per heavy atom. The number of rotatable bonds is 5. The van der Waals surface area contributed by atoms with E-state index in [2.05, 4.69) is 15.6 Å². The number of nitrogens with zero attached hydrogens (tertiary/aromatic N) is 3. The van der Waals surface area contributed by atoms with Gasteiger partial charge in [-0.15, -0.1) is 5.10 Å². The van der Waals surface area contributed by atoms with Gasteiger partial charge in [0.1, 0.15) is 5.52 Å². The van der Waals surface area contributed by atoms with Crippen LogP contribution in [0.4, 0.5) is 5.69 Å². The third-order valence-corrected chi connectivity index (χ3v) is 4.05. The molecule has 0 fully saturated rings. The molecule has 3 rings (SSSR count). The molecule has 0 saturated heterocycles. The predicted molar refractivity (Wildman–Crippen MR) is 95.4 cm³/mol. The molecule has 0 atom stereocenters. The van der Waals surface area contributed by atoms with Gasteiger partial charge >= 0.3 is 0 Å². The maximum atomic E-state index is 12.6. The van der Waals surface area contributed by atoms with Gasteiger partial charge in [-0.2, -0.15) is 0 Å². The fourth-order valence-electron chi connectivity index (χ4n) is 2.66. The maximum Gasteiger partial charge on any atom is 0.255 e. The molecule has 1 aromatic heterocycles. The average molecular weight is 340 g/mol. The topological polar surface area (TPSA) is 78.3 Å². The minimum Gasteiger partial charge on any atom is -0.493 e. The third kappa shape index (κ3) is 3.13. The quantitative estimate of drug-likeness (QED) is 0.772. The van der Waals surface area contributed by atoms with Crippen LogP contribution in [0.3, 0.4) is 0 Å². The Bertz CT molecular complexity index is 933. The first-order valence-corrected chi connectivity index (χ1v) is 7.94. The summed E-state index contributed by atoms with van der Waals surface area (Å²) < 4.78 is 12.3. The van der Waals surface area contributed by atoms with Crippen LogP contribution in [0.25, 0.3) is 11.0 Å². The van der Waals surface area contributed by atoms with Crippen LogP contribution in [-0.2, 0) is 6.54 Å². The first-order valence-electron chi connectivity index (χ1n) is 7.94. The summed E-state index contributed by atoms with van der Waals surface area (Å²) in [5.74, 6) is 0.962. The van der Waals surface area contributed by atoms with Crippen LogP contribution < -0.4 is 14.8 Å². The highest BCUT2D eigenvalue weighted by Crippen LogP contribution is 2.33. The highest BCUT2D eigenvalue weighted by Gasteiger charge is 2.14. The molecule has 0 unspecified atom stereocenters. The van der Waals surface area contributed by atoms with E-state index in [9.17, 15) is 4.79 Å². The van der Waals surface area contributed by atoms with E-state index in [1.54, 1.807) is 37.1 Å². The number of aryl methyl sites for hydroxylation is 2. The van der Waals surface area contributed by atoms with Crippen molar-refractivity contribution < 1.29 is 14.3 Å². The highest BCUT2D eigenvalue weighted by atomic mass is 16.5. The number of anilines is 1. The van der Waals surface area contributed by atoms with Gasteiger partial charge in [0.05, 0.1) is 19.7 Å². The molecule has 0 aliphatic carbocycles. The largest absolute Gasteiger partial charge is 0.493 e. The van der Waals surface area contributed by atoms with Gasteiger partial charge in [0.15, 0.2) is 11.5 Å². The molecule has 0 saturated carbocycles. The van der Waals surface area contributed by atoms with Crippen molar-refractivity contribution in [2.45, 2.75) is 20.4 Å². The Balaban J connectivity index is 1.89. The van der Waals surface area contributed by atoms with E-state index in [0.29, 0.717) is 28.3 Å². The van der Waals surface area contributed by atoms with Crippen molar-refractivity contribution in [2.24, 2.45) is 0 Å². The Hall–Kier alpha value is -3.09. The molecule has 25 heavy (non-hydrogen) atoms. The number of amides is 1. The lowest BCUT2D eigenvalue weighted by molar-refractivity contribution is 0.102. The Morgan fingerprint density at radius 1 is 1.16 bits per heavy atom. The minimum absolute atomic E-state index is 0.219. The van der Waals surface area contributed by atoms with Crippen LogP contribution >= 0.6 is 0 Å². The highest BCUT2D eigenvalue weighted by molar-refractivity contribution is 6.06. The van der Waals surface area contributed by atoms with Crippen molar-refractivity contribution >= 4 is 22.6 Å². The van der Waals surface area contributed by atoms with Gasteiger partial charge in [-0.25, -0.2) is 4.68 Å². The molecular weight excluding hydrogens is 320 g/mol. The molecule has 7 nitrogen and oxygen atoms in total. The van der Waals surface area contributed by atoms with Crippen LogP contribution in [0.5, 0.6) is 11.5 Å². The molecule has 1 N–H and O–H groups in total. The zero-order valence-electron chi connectivity index (χ0n) is 14.7. The lowest BCUT2D eigenvalue weighted by Gasteiger charge is -2.13. The fourth-order valence-corrected chi connectivity index (χ4v) is 2.66. The number of fused-ring (bicyclic) bond motifs is 1. The number of nitrogens with one attached hydrogen (secondary N) is 1. The van der Waals surface area contributed by atoms with Gasteiger partial charge in [-0.1, -0.05) is 5.21 Å². The van der Waals surface area contributed by atoms with E-state index in [1.807, 2.05) is 26.0 Å². The number of hydrogen-bond donors (Lipinski definition) is 1. The first-order chi connectivity index (χ1) is 12.1. The average Bonchev–Trinajstić information content (AvgIpc) is 3.05. The number of hydrogen-bond acceptors (Lipinski definition) is 5. The monoisotopic (exact) mass is 340 g/mol. The second-order valence-corrected chi connectivity index (χ2v) is 5.58. The summed E-state index contributed by atoms with van der Waals surface area (Å²) in [5.41, 5.74) is 3.66. The molecule has 1 heterocycles. The van der Waals surface area contributed by atoms with Gasteiger partial charge in [-0.05, 0) is 43.7 Å². The van der Waals surface area contributed by atoms with Crippen molar-refractivity contribution in [3.05, 3.63) is 41.5 Å². The van der Waals surface area contributed by atoms with E-state index in [-0.39, 0.29) is 5.91 Å². The molecule has 0 bridgehead atoms. The summed E-state index contributed by atoms with van der Waals surface area (Å²) in [6.45, 7) is 4.62. The van der Waals surface area contributed by atoms with Crippen LogP contribution in [0.2, 0.25) is 0 Å². The smallest absolute Gasteiger partial charge is 0.255 e. The summed E-state index contributed by atoms with van der Waals surface area (Å²) in [5, 5.41) is 11.1. The minimum atomic E-state index is -0.219.